The molecular weight excluding hydrogens is 358 g/mol. The number of sulfonamides is 1. The highest BCUT2D eigenvalue weighted by atomic mass is 32.2. The fourth-order valence-electron chi connectivity index (χ4n) is 2.59. The molecule has 0 bridgehead atoms. The largest absolute Gasteiger partial charge is 0.486 e. The minimum Gasteiger partial charge on any atom is -0.486 e. The maximum atomic E-state index is 13.2. The van der Waals surface area contributed by atoms with Crippen molar-refractivity contribution in [3.05, 3.63) is 48.0 Å². The van der Waals surface area contributed by atoms with E-state index in [0.29, 0.717) is 30.4 Å². The third kappa shape index (κ3) is 3.60. The topological polar surface area (TPSA) is 82.1 Å². The van der Waals surface area contributed by atoms with Gasteiger partial charge in [-0.25, -0.2) is 8.42 Å². The van der Waals surface area contributed by atoms with Crippen molar-refractivity contribution < 1.29 is 27.4 Å². The third-order valence-electron chi connectivity index (χ3n) is 3.89. The summed E-state index contributed by atoms with van der Waals surface area (Å²) in [4.78, 5) is 11.8. The number of hydrogen-bond acceptors (Lipinski definition) is 6. The number of methoxy groups -OCH3 is 1. The molecule has 26 heavy (non-hydrogen) atoms. The van der Waals surface area contributed by atoms with E-state index < -0.39 is 22.5 Å². The molecule has 0 saturated carbocycles. The van der Waals surface area contributed by atoms with Crippen LogP contribution < -0.4 is 13.8 Å². The number of fused-ring (bicyclic) bond motifs is 1. The van der Waals surface area contributed by atoms with Crippen molar-refractivity contribution in [1.29, 1.82) is 0 Å². The van der Waals surface area contributed by atoms with E-state index in [9.17, 15) is 13.2 Å². The van der Waals surface area contributed by atoms with E-state index in [0.717, 1.165) is 9.87 Å². The monoisotopic (exact) mass is 377 g/mol. The minimum absolute atomic E-state index is 0.00663. The predicted molar refractivity (Wildman–Crippen MR) is 95.2 cm³/mol. The normalized spacial score (nSPS) is 13.2. The van der Waals surface area contributed by atoms with Crippen LogP contribution in [0.25, 0.3) is 0 Å². The van der Waals surface area contributed by atoms with Crippen LogP contribution in [0.1, 0.15) is 5.56 Å². The Hall–Kier alpha value is -2.74. The van der Waals surface area contributed by atoms with Gasteiger partial charge in [-0.1, -0.05) is 12.1 Å². The Bertz CT molecular complexity index is 925. The second-order valence-electron chi connectivity index (χ2n) is 5.73. The Labute approximate surface area is 152 Å². The SMILES string of the molecule is COC(=O)CN(c1cccc(C)c1)S(=O)(=O)c1ccc2c(c1)OCCO2. The first-order valence-electron chi connectivity index (χ1n) is 7.97. The van der Waals surface area contributed by atoms with E-state index in [1.807, 2.05) is 13.0 Å². The van der Waals surface area contributed by atoms with Crippen LogP contribution in [0.5, 0.6) is 11.5 Å². The van der Waals surface area contributed by atoms with Gasteiger partial charge in [0, 0.05) is 6.07 Å². The van der Waals surface area contributed by atoms with E-state index in [2.05, 4.69) is 4.74 Å². The van der Waals surface area contributed by atoms with Crippen molar-refractivity contribution in [2.24, 2.45) is 0 Å². The minimum atomic E-state index is -4.01. The fourth-order valence-corrected chi connectivity index (χ4v) is 4.01. The summed E-state index contributed by atoms with van der Waals surface area (Å²) in [6, 6.07) is 11.3. The molecule has 0 spiro atoms. The molecule has 8 heteroatoms. The number of benzene rings is 2. The predicted octanol–water partition coefficient (Wildman–Crippen LogP) is 2.13. The van der Waals surface area contributed by atoms with Crippen molar-refractivity contribution in [2.75, 3.05) is 31.2 Å². The molecule has 7 nitrogen and oxygen atoms in total. The average molecular weight is 377 g/mol. The highest BCUT2D eigenvalue weighted by molar-refractivity contribution is 7.92. The molecule has 0 amide bonds. The Kier molecular flexibility index (Phi) is 5.03. The molecule has 138 valence electrons. The molecule has 0 N–H and O–H groups in total. The van der Waals surface area contributed by atoms with Gasteiger partial charge >= 0.3 is 5.97 Å². The van der Waals surface area contributed by atoms with Gasteiger partial charge in [0.05, 0.1) is 17.7 Å². The van der Waals surface area contributed by atoms with Crippen LogP contribution in [0.2, 0.25) is 0 Å². The lowest BCUT2D eigenvalue weighted by atomic mass is 10.2. The number of carbonyl (C=O) groups is 1. The summed E-state index contributed by atoms with van der Waals surface area (Å²) in [5.41, 5.74) is 1.25. The van der Waals surface area contributed by atoms with Gasteiger partial charge in [-0.15, -0.1) is 0 Å². The Morgan fingerprint density at radius 3 is 2.54 bits per heavy atom. The van der Waals surface area contributed by atoms with E-state index >= 15 is 0 Å². The summed E-state index contributed by atoms with van der Waals surface area (Å²) < 4.78 is 43.0. The molecular formula is C18H19NO6S. The van der Waals surface area contributed by atoms with Gasteiger partial charge in [-0.05, 0) is 36.8 Å². The van der Waals surface area contributed by atoms with Crippen molar-refractivity contribution in [1.82, 2.24) is 0 Å². The Balaban J connectivity index is 2.05. The lowest BCUT2D eigenvalue weighted by Gasteiger charge is -2.25. The first-order valence-corrected chi connectivity index (χ1v) is 9.41. The fraction of sp³-hybridized carbons (Fsp3) is 0.278. The van der Waals surface area contributed by atoms with Gasteiger partial charge in [-0.2, -0.15) is 0 Å². The van der Waals surface area contributed by atoms with Crippen LogP contribution in [0.3, 0.4) is 0 Å². The molecule has 0 fully saturated rings. The lowest BCUT2D eigenvalue weighted by Crippen LogP contribution is -2.36. The molecule has 1 aliphatic heterocycles. The van der Waals surface area contributed by atoms with Crippen LogP contribution in [-0.2, 0) is 19.6 Å². The highest BCUT2D eigenvalue weighted by Gasteiger charge is 2.29. The number of rotatable bonds is 5. The van der Waals surface area contributed by atoms with E-state index in [-0.39, 0.29) is 4.90 Å². The molecule has 2 aromatic rings. The molecule has 1 heterocycles. The maximum Gasteiger partial charge on any atom is 0.326 e. The van der Waals surface area contributed by atoms with Crippen molar-refractivity contribution in [3.63, 3.8) is 0 Å². The number of ether oxygens (including phenoxy) is 3. The summed E-state index contributed by atoms with van der Waals surface area (Å²) in [6.45, 7) is 2.17. The van der Waals surface area contributed by atoms with E-state index in [1.54, 1.807) is 24.3 Å². The van der Waals surface area contributed by atoms with Crippen LogP contribution in [0.4, 0.5) is 5.69 Å². The quantitative estimate of drug-likeness (QED) is 0.743. The number of esters is 1. The number of nitrogens with zero attached hydrogens (tertiary/aromatic N) is 1. The number of hydrogen-bond donors (Lipinski definition) is 0. The summed E-state index contributed by atoms with van der Waals surface area (Å²) in [7, 11) is -2.80. The molecule has 1 aliphatic rings. The summed E-state index contributed by atoms with van der Waals surface area (Å²) in [5.74, 6) is 0.192. The van der Waals surface area contributed by atoms with Gasteiger partial charge in [-0.3, -0.25) is 9.10 Å². The summed E-state index contributed by atoms with van der Waals surface area (Å²) in [6.07, 6.45) is 0. The number of anilines is 1. The zero-order valence-electron chi connectivity index (χ0n) is 14.5. The van der Waals surface area contributed by atoms with Gasteiger partial charge in [0.25, 0.3) is 10.0 Å². The lowest BCUT2D eigenvalue weighted by molar-refractivity contribution is -0.138. The van der Waals surface area contributed by atoms with Crippen LogP contribution in [-0.4, -0.2) is 41.3 Å². The van der Waals surface area contributed by atoms with Gasteiger partial charge in [0.1, 0.15) is 19.8 Å². The first kappa shape index (κ1) is 18.1. The van der Waals surface area contributed by atoms with Crippen molar-refractivity contribution >= 4 is 21.7 Å². The van der Waals surface area contributed by atoms with Crippen LogP contribution in [0, 0.1) is 6.92 Å². The Morgan fingerprint density at radius 2 is 1.85 bits per heavy atom. The molecule has 0 saturated heterocycles. The zero-order chi connectivity index (χ0) is 18.7. The van der Waals surface area contributed by atoms with Crippen molar-refractivity contribution in [2.45, 2.75) is 11.8 Å². The molecule has 0 radical (unpaired) electrons. The molecule has 0 unspecified atom stereocenters. The summed E-state index contributed by atoms with van der Waals surface area (Å²) in [5, 5.41) is 0. The van der Waals surface area contributed by atoms with Gasteiger partial charge in [0.15, 0.2) is 11.5 Å². The van der Waals surface area contributed by atoms with E-state index in [4.69, 9.17) is 9.47 Å². The smallest absolute Gasteiger partial charge is 0.326 e. The third-order valence-corrected chi connectivity index (χ3v) is 5.66. The highest BCUT2D eigenvalue weighted by Crippen LogP contribution is 2.34. The average Bonchev–Trinajstić information content (AvgIpc) is 2.65. The second-order valence-corrected chi connectivity index (χ2v) is 7.59. The van der Waals surface area contributed by atoms with Crippen LogP contribution in [0.15, 0.2) is 47.4 Å². The molecule has 0 atom stereocenters. The Morgan fingerprint density at radius 1 is 1.12 bits per heavy atom. The van der Waals surface area contributed by atoms with Gasteiger partial charge < -0.3 is 14.2 Å². The standard InChI is InChI=1S/C18H19NO6S/c1-13-4-3-5-14(10-13)19(12-18(20)23-2)26(21,22)15-6-7-16-17(11-15)25-9-8-24-16/h3-7,10-11H,8-9,12H2,1-2H3. The number of aryl methyl sites for hydroxylation is 1. The number of carbonyl (C=O) groups excluding carboxylic acids is 1. The van der Waals surface area contributed by atoms with Crippen molar-refractivity contribution in [3.8, 4) is 11.5 Å². The molecule has 2 aromatic carbocycles. The summed E-state index contributed by atoms with van der Waals surface area (Å²) >= 11 is 0. The molecule has 0 aromatic heterocycles. The van der Waals surface area contributed by atoms with E-state index in [1.165, 1.54) is 19.2 Å². The molecule has 0 aliphatic carbocycles. The second kappa shape index (κ2) is 7.25. The van der Waals surface area contributed by atoms with Gasteiger partial charge in [0.2, 0.25) is 0 Å². The first-order chi connectivity index (χ1) is 12.4. The van der Waals surface area contributed by atoms with Crippen LogP contribution >= 0.6 is 0 Å². The zero-order valence-corrected chi connectivity index (χ0v) is 15.3. The maximum absolute atomic E-state index is 13.2. The molecule has 3 rings (SSSR count).